The van der Waals surface area contributed by atoms with E-state index >= 15 is 0 Å². The highest BCUT2D eigenvalue weighted by molar-refractivity contribution is 8.00. The summed E-state index contributed by atoms with van der Waals surface area (Å²) in [7, 11) is 0. The van der Waals surface area contributed by atoms with Gasteiger partial charge in [-0.1, -0.05) is 48.8 Å². The molecule has 26 heavy (non-hydrogen) atoms. The second-order valence-corrected chi connectivity index (χ2v) is 9.66. The van der Waals surface area contributed by atoms with Gasteiger partial charge in [-0.25, -0.2) is 0 Å². The highest BCUT2D eigenvalue weighted by atomic mass is 35.5. The number of benzene rings is 1. The number of hydrogen-bond donors (Lipinski definition) is 1. The van der Waals surface area contributed by atoms with Gasteiger partial charge in [-0.05, 0) is 42.2 Å². The number of anilines is 1. The number of amides is 1. The Balaban J connectivity index is 1.73. The van der Waals surface area contributed by atoms with Crippen molar-refractivity contribution in [3.05, 3.63) is 45.8 Å². The molecule has 0 fully saturated rings. The molecular formula is C19H21ClN2O2S2. The van der Waals surface area contributed by atoms with Gasteiger partial charge in [0.05, 0.1) is 14.3 Å². The monoisotopic (exact) mass is 408 g/mol. The van der Waals surface area contributed by atoms with E-state index in [1.807, 2.05) is 36.6 Å². The molecule has 138 valence electrons. The van der Waals surface area contributed by atoms with Crippen molar-refractivity contribution in [1.82, 2.24) is 0 Å². The minimum Gasteiger partial charge on any atom is -0.385 e. The summed E-state index contributed by atoms with van der Waals surface area (Å²) in [5.74, 6) is -0.232. The van der Waals surface area contributed by atoms with Gasteiger partial charge in [0.1, 0.15) is 0 Å². The zero-order valence-corrected chi connectivity index (χ0v) is 17.4. The maximum absolute atomic E-state index is 12.0. The van der Waals surface area contributed by atoms with Crippen LogP contribution in [0.1, 0.15) is 31.4 Å². The fourth-order valence-corrected chi connectivity index (χ4v) is 5.42. The van der Waals surface area contributed by atoms with Gasteiger partial charge in [0.2, 0.25) is 0 Å². The van der Waals surface area contributed by atoms with Crippen molar-refractivity contribution >= 4 is 52.0 Å². The first-order valence-corrected chi connectivity index (χ1v) is 10.7. The number of nitrogens with one attached hydrogen (secondary N) is 1. The third kappa shape index (κ3) is 4.42. The Morgan fingerprint density at radius 1 is 1.35 bits per heavy atom. The molecule has 0 aliphatic heterocycles. The number of para-hydroxylation sites is 1. The number of thioether (sulfide) groups is 1. The van der Waals surface area contributed by atoms with E-state index in [2.05, 4.69) is 24.3 Å². The lowest BCUT2D eigenvalue weighted by atomic mass is 9.75. The van der Waals surface area contributed by atoms with Crippen LogP contribution in [0.2, 0.25) is 4.34 Å². The van der Waals surface area contributed by atoms with Crippen LogP contribution in [-0.4, -0.2) is 24.5 Å². The predicted molar refractivity (Wildman–Crippen MR) is 111 cm³/mol. The second-order valence-electron chi connectivity index (χ2n) is 6.96. The maximum Gasteiger partial charge on any atom is 0.265 e. The van der Waals surface area contributed by atoms with Crippen molar-refractivity contribution in [1.29, 1.82) is 0 Å². The fraction of sp³-hybridized carbons (Fsp3) is 0.368. The number of halogens is 1. The number of carbonyl (C=O) groups excluding carboxylic acids is 1. The molecule has 0 bridgehead atoms. The Morgan fingerprint density at radius 3 is 2.77 bits per heavy atom. The average Bonchev–Trinajstić information content (AvgIpc) is 2.90. The van der Waals surface area contributed by atoms with Crippen molar-refractivity contribution in [3.63, 3.8) is 0 Å². The van der Waals surface area contributed by atoms with Crippen LogP contribution in [0.25, 0.3) is 0 Å². The lowest BCUT2D eigenvalue weighted by Crippen LogP contribution is -2.27. The molecule has 0 radical (unpaired) electrons. The molecular weight excluding hydrogens is 388 g/mol. The standard InChI is InChI=1S/C19H21ClN2O2S2/c1-19(2)9-13-16(18(25-3)26-17(13)20)14(10-19)22-24-11-15(23)21-12-7-5-4-6-8-12/h4-8H,9-11H2,1-3H3,(H,21,23). The first kappa shape index (κ1) is 19.3. The Hall–Kier alpha value is -1.50. The summed E-state index contributed by atoms with van der Waals surface area (Å²) in [6, 6.07) is 9.30. The molecule has 7 heteroatoms. The number of carbonyl (C=O) groups is 1. The van der Waals surface area contributed by atoms with Crippen LogP contribution in [0.4, 0.5) is 5.69 Å². The zero-order valence-electron chi connectivity index (χ0n) is 15.0. The van der Waals surface area contributed by atoms with Gasteiger partial charge in [0.15, 0.2) is 6.61 Å². The molecule has 1 aliphatic rings. The highest BCUT2D eigenvalue weighted by Gasteiger charge is 2.35. The number of fused-ring (bicyclic) bond motifs is 1. The van der Waals surface area contributed by atoms with E-state index in [1.165, 1.54) is 0 Å². The van der Waals surface area contributed by atoms with E-state index in [4.69, 9.17) is 16.4 Å². The van der Waals surface area contributed by atoms with Crippen molar-refractivity contribution in [2.24, 2.45) is 10.6 Å². The third-order valence-corrected chi connectivity index (χ3v) is 6.73. The van der Waals surface area contributed by atoms with Crippen LogP contribution < -0.4 is 5.32 Å². The predicted octanol–water partition coefficient (Wildman–Crippen LogP) is 5.46. The molecule has 1 N–H and O–H groups in total. The van der Waals surface area contributed by atoms with Gasteiger partial charge < -0.3 is 10.2 Å². The number of thiophene rings is 1. The molecule has 2 aromatic rings. The normalized spacial score (nSPS) is 17.0. The quantitative estimate of drug-likeness (QED) is 0.528. The topological polar surface area (TPSA) is 50.7 Å². The first-order chi connectivity index (χ1) is 12.4. The van der Waals surface area contributed by atoms with Gasteiger partial charge >= 0.3 is 0 Å². The second kappa shape index (κ2) is 8.03. The summed E-state index contributed by atoms with van der Waals surface area (Å²) >= 11 is 9.71. The Morgan fingerprint density at radius 2 is 2.08 bits per heavy atom. The lowest BCUT2D eigenvalue weighted by molar-refractivity contribution is -0.120. The van der Waals surface area contributed by atoms with Crippen molar-refractivity contribution in [3.8, 4) is 0 Å². The third-order valence-electron chi connectivity index (χ3n) is 4.13. The number of rotatable bonds is 5. The molecule has 4 nitrogen and oxygen atoms in total. The molecule has 0 atom stereocenters. The summed E-state index contributed by atoms with van der Waals surface area (Å²) in [5, 5.41) is 7.10. The summed E-state index contributed by atoms with van der Waals surface area (Å²) in [4.78, 5) is 17.4. The Labute approximate surface area is 167 Å². The maximum atomic E-state index is 12.0. The SMILES string of the molecule is CSc1sc(Cl)c2c1C(=NOCC(=O)Nc1ccccc1)CC(C)(C)C2. The van der Waals surface area contributed by atoms with Gasteiger partial charge in [0, 0.05) is 11.3 Å². The molecule has 1 aliphatic carbocycles. The molecule has 1 heterocycles. The number of oxime groups is 1. The first-order valence-electron chi connectivity index (χ1n) is 8.29. The molecule has 0 spiro atoms. The smallest absolute Gasteiger partial charge is 0.265 e. The van der Waals surface area contributed by atoms with Crippen LogP contribution in [0.5, 0.6) is 0 Å². The molecule has 1 aromatic carbocycles. The van der Waals surface area contributed by atoms with Crippen molar-refractivity contribution < 1.29 is 9.63 Å². The Kier molecular flexibility index (Phi) is 5.95. The van der Waals surface area contributed by atoms with E-state index in [0.717, 1.165) is 43.9 Å². The van der Waals surface area contributed by atoms with Gasteiger partial charge in [-0.3, -0.25) is 4.79 Å². The molecule has 0 unspecified atom stereocenters. The number of hydrogen-bond acceptors (Lipinski definition) is 5. The van der Waals surface area contributed by atoms with E-state index in [0.29, 0.717) is 0 Å². The minimum atomic E-state index is -0.232. The van der Waals surface area contributed by atoms with Gasteiger partial charge in [-0.15, -0.1) is 23.1 Å². The van der Waals surface area contributed by atoms with Crippen LogP contribution in [-0.2, 0) is 16.1 Å². The van der Waals surface area contributed by atoms with Gasteiger partial charge in [0.25, 0.3) is 5.91 Å². The van der Waals surface area contributed by atoms with Crippen molar-refractivity contribution in [2.45, 2.75) is 30.9 Å². The van der Waals surface area contributed by atoms with E-state index in [-0.39, 0.29) is 17.9 Å². The van der Waals surface area contributed by atoms with E-state index in [9.17, 15) is 4.79 Å². The largest absolute Gasteiger partial charge is 0.385 e. The summed E-state index contributed by atoms with van der Waals surface area (Å²) in [5.41, 5.74) is 3.91. The van der Waals surface area contributed by atoms with Crippen molar-refractivity contribution in [2.75, 3.05) is 18.2 Å². The lowest BCUT2D eigenvalue weighted by Gasteiger charge is -2.30. The van der Waals surface area contributed by atoms with E-state index < -0.39 is 0 Å². The van der Waals surface area contributed by atoms with E-state index in [1.54, 1.807) is 23.1 Å². The van der Waals surface area contributed by atoms with Crippen LogP contribution >= 0.6 is 34.7 Å². The number of nitrogens with zero attached hydrogens (tertiary/aromatic N) is 1. The summed E-state index contributed by atoms with van der Waals surface area (Å²) < 4.78 is 1.98. The molecule has 1 amide bonds. The molecule has 1 aromatic heterocycles. The molecule has 0 saturated heterocycles. The average molecular weight is 409 g/mol. The Bertz CT molecular complexity index is 832. The summed E-state index contributed by atoms with van der Waals surface area (Å²) in [6.07, 6.45) is 3.75. The minimum absolute atomic E-state index is 0.0574. The van der Waals surface area contributed by atoms with Crippen LogP contribution in [0, 0.1) is 5.41 Å². The zero-order chi connectivity index (χ0) is 18.7. The van der Waals surface area contributed by atoms with Gasteiger partial charge in [-0.2, -0.15) is 0 Å². The molecule has 3 rings (SSSR count). The molecule has 0 saturated carbocycles. The fourth-order valence-electron chi connectivity index (χ4n) is 3.06. The highest BCUT2D eigenvalue weighted by Crippen LogP contribution is 2.46. The van der Waals surface area contributed by atoms with Crippen LogP contribution in [0.15, 0.2) is 39.7 Å². The van der Waals surface area contributed by atoms with Crippen LogP contribution in [0.3, 0.4) is 0 Å². The summed E-state index contributed by atoms with van der Waals surface area (Å²) in [6.45, 7) is 4.27.